The van der Waals surface area contributed by atoms with Gasteiger partial charge in [-0.3, -0.25) is 9.78 Å². The van der Waals surface area contributed by atoms with Crippen LogP contribution in [0.2, 0.25) is 0 Å². The summed E-state index contributed by atoms with van der Waals surface area (Å²) < 4.78 is 0. The van der Waals surface area contributed by atoms with Gasteiger partial charge in [0, 0.05) is 13.1 Å². The Labute approximate surface area is 124 Å². The Morgan fingerprint density at radius 3 is 2.76 bits per heavy atom. The molecule has 5 nitrogen and oxygen atoms in total. The van der Waals surface area contributed by atoms with Gasteiger partial charge in [0.25, 0.3) is 5.91 Å². The lowest BCUT2D eigenvalue weighted by atomic mass is 10.2. The summed E-state index contributed by atoms with van der Waals surface area (Å²) >= 11 is 0. The van der Waals surface area contributed by atoms with E-state index < -0.39 is 0 Å². The first-order valence-electron chi connectivity index (χ1n) is 7.17. The molecule has 0 aliphatic carbocycles. The molecule has 1 heterocycles. The molecule has 2 aromatic rings. The zero-order valence-electron chi connectivity index (χ0n) is 12.2. The van der Waals surface area contributed by atoms with Crippen molar-refractivity contribution in [3.8, 4) is 0 Å². The minimum Gasteiger partial charge on any atom is -0.369 e. The Balaban J connectivity index is 1.91. The van der Waals surface area contributed by atoms with Crippen molar-refractivity contribution in [3.63, 3.8) is 0 Å². The average Bonchev–Trinajstić information content (AvgIpc) is 2.54. The molecule has 0 bridgehead atoms. The van der Waals surface area contributed by atoms with Crippen molar-refractivity contribution in [2.75, 3.05) is 11.9 Å². The number of amides is 1. The van der Waals surface area contributed by atoms with Crippen LogP contribution < -0.4 is 10.6 Å². The first-order chi connectivity index (χ1) is 10.3. The van der Waals surface area contributed by atoms with E-state index in [-0.39, 0.29) is 5.91 Å². The van der Waals surface area contributed by atoms with Gasteiger partial charge in [-0.1, -0.05) is 43.7 Å². The fraction of sp³-hybridized carbons (Fsp3) is 0.312. The molecule has 2 N–H and O–H groups in total. The summed E-state index contributed by atoms with van der Waals surface area (Å²) in [6.07, 6.45) is 5.28. The third-order valence-electron chi connectivity index (χ3n) is 3.00. The number of hydrogen-bond acceptors (Lipinski definition) is 4. The van der Waals surface area contributed by atoms with Crippen molar-refractivity contribution >= 4 is 11.7 Å². The van der Waals surface area contributed by atoms with Crippen LogP contribution in [0.15, 0.2) is 42.7 Å². The molecule has 0 fully saturated rings. The summed E-state index contributed by atoms with van der Waals surface area (Å²) in [7, 11) is 0. The van der Waals surface area contributed by atoms with Crippen LogP contribution in [0, 0.1) is 0 Å². The van der Waals surface area contributed by atoms with E-state index in [1.807, 2.05) is 30.3 Å². The van der Waals surface area contributed by atoms with Crippen LogP contribution >= 0.6 is 0 Å². The molecule has 1 amide bonds. The third kappa shape index (κ3) is 4.87. The molecule has 0 saturated carbocycles. The number of carbonyl (C=O) groups is 1. The molecule has 1 aromatic carbocycles. The van der Waals surface area contributed by atoms with Crippen LogP contribution in [0.1, 0.15) is 35.8 Å². The van der Waals surface area contributed by atoms with Crippen LogP contribution in [-0.4, -0.2) is 22.4 Å². The fourth-order valence-electron chi connectivity index (χ4n) is 1.82. The number of benzene rings is 1. The summed E-state index contributed by atoms with van der Waals surface area (Å²) in [5.41, 5.74) is 1.38. The highest BCUT2D eigenvalue weighted by Crippen LogP contribution is 2.04. The van der Waals surface area contributed by atoms with E-state index in [0.29, 0.717) is 18.1 Å². The highest BCUT2D eigenvalue weighted by atomic mass is 16.1. The number of rotatable bonds is 7. The van der Waals surface area contributed by atoms with Gasteiger partial charge in [-0.15, -0.1) is 0 Å². The average molecular weight is 284 g/mol. The number of aromatic nitrogens is 2. The normalized spacial score (nSPS) is 10.1. The van der Waals surface area contributed by atoms with E-state index in [9.17, 15) is 4.79 Å². The van der Waals surface area contributed by atoms with Gasteiger partial charge in [0.15, 0.2) is 0 Å². The highest BCUT2D eigenvalue weighted by molar-refractivity contribution is 5.92. The third-order valence-corrected chi connectivity index (χ3v) is 3.00. The number of unbranched alkanes of at least 4 members (excludes halogenated alkanes) is 1. The lowest BCUT2D eigenvalue weighted by Crippen LogP contribution is -2.24. The smallest absolute Gasteiger partial charge is 0.271 e. The molecule has 1 aromatic heterocycles. The van der Waals surface area contributed by atoms with Gasteiger partial charge in [-0.2, -0.15) is 0 Å². The number of hydrogen-bond donors (Lipinski definition) is 2. The second-order valence-corrected chi connectivity index (χ2v) is 4.74. The van der Waals surface area contributed by atoms with Gasteiger partial charge in [-0.25, -0.2) is 4.98 Å². The molecule has 0 aliphatic heterocycles. The minimum absolute atomic E-state index is 0.217. The number of carbonyl (C=O) groups excluding carboxylic acids is 1. The SMILES string of the molecule is CCCCNc1cncc(C(=O)NCc2ccccc2)n1. The molecule has 0 atom stereocenters. The standard InChI is InChI=1S/C16H20N4O/c1-2-3-9-18-15-12-17-11-14(20-15)16(21)19-10-13-7-5-4-6-8-13/h4-8,11-12H,2-3,9-10H2,1H3,(H,18,20)(H,19,21). The lowest BCUT2D eigenvalue weighted by molar-refractivity contribution is 0.0945. The summed E-state index contributed by atoms with van der Waals surface area (Å²) in [5, 5.41) is 6.00. The maximum absolute atomic E-state index is 12.1. The molecule has 5 heteroatoms. The zero-order chi connectivity index (χ0) is 14.9. The van der Waals surface area contributed by atoms with Crippen molar-refractivity contribution in [2.24, 2.45) is 0 Å². The summed E-state index contributed by atoms with van der Waals surface area (Å²) in [5.74, 6) is 0.418. The van der Waals surface area contributed by atoms with Crippen molar-refractivity contribution in [3.05, 3.63) is 54.0 Å². The van der Waals surface area contributed by atoms with E-state index in [2.05, 4.69) is 27.5 Å². The largest absolute Gasteiger partial charge is 0.369 e. The Morgan fingerprint density at radius 2 is 2.00 bits per heavy atom. The zero-order valence-corrected chi connectivity index (χ0v) is 12.2. The molecule has 0 unspecified atom stereocenters. The van der Waals surface area contributed by atoms with E-state index >= 15 is 0 Å². The monoisotopic (exact) mass is 284 g/mol. The first kappa shape index (κ1) is 15.0. The van der Waals surface area contributed by atoms with Crippen LogP contribution in [0.3, 0.4) is 0 Å². The Morgan fingerprint density at radius 1 is 1.19 bits per heavy atom. The predicted molar refractivity (Wildman–Crippen MR) is 83.0 cm³/mol. The minimum atomic E-state index is -0.217. The predicted octanol–water partition coefficient (Wildman–Crippen LogP) is 2.62. The van der Waals surface area contributed by atoms with Gasteiger partial charge in [0.2, 0.25) is 0 Å². The molecule has 0 radical (unpaired) electrons. The van der Waals surface area contributed by atoms with Gasteiger partial charge in [0.1, 0.15) is 11.5 Å². The maximum Gasteiger partial charge on any atom is 0.271 e. The topological polar surface area (TPSA) is 66.9 Å². The van der Waals surface area contributed by atoms with Gasteiger partial charge in [-0.05, 0) is 12.0 Å². The summed E-state index contributed by atoms with van der Waals surface area (Å²) in [6.45, 7) is 3.44. The fourth-order valence-corrected chi connectivity index (χ4v) is 1.82. The van der Waals surface area contributed by atoms with Crippen LogP contribution in [-0.2, 0) is 6.54 Å². The molecule has 21 heavy (non-hydrogen) atoms. The number of anilines is 1. The van der Waals surface area contributed by atoms with Crippen molar-refractivity contribution in [1.82, 2.24) is 15.3 Å². The van der Waals surface area contributed by atoms with Crippen molar-refractivity contribution in [1.29, 1.82) is 0 Å². The lowest BCUT2D eigenvalue weighted by Gasteiger charge is -2.07. The quantitative estimate of drug-likeness (QED) is 0.767. The van der Waals surface area contributed by atoms with Gasteiger partial charge in [0.05, 0.1) is 12.4 Å². The molecule has 110 valence electrons. The second kappa shape index (κ2) is 7.99. The van der Waals surface area contributed by atoms with Crippen LogP contribution in [0.25, 0.3) is 0 Å². The van der Waals surface area contributed by atoms with Crippen LogP contribution in [0.5, 0.6) is 0 Å². The molecular formula is C16H20N4O. The Bertz CT molecular complexity index is 571. The maximum atomic E-state index is 12.1. The molecule has 2 rings (SSSR count). The highest BCUT2D eigenvalue weighted by Gasteiger charge is 2.08. The first-order valence-corrected chi connectivity index (χ1v) is 7.17. The number of nitrogens with zero attached hydrogens (tertiary/aromatic N) is 2. The van der Waals surface area contributed by atoms with Gasteiger partial charge >= 0.3 is 0 Å². The van der Waals surface area contributed by atoms with Gasteiger partial charge < -0.3 is 10.6 Å². The molecule has 0 saturated heterocycles. The molecular weight excluding hydrogens is 264 g/mol. The van der Waals surface area contributed by atoms with Crippen molar-refractivity contribution < 1.29 is 4.79 Å². The van der Waals surface area contributed by atoms with Crippen molar-refractivity contribution in [2.45, 2.75) is 26.3 Å². The summed E-state index contributed by atoms with van der Waals surface area (Å²) in [4.78, 5) is 20.4. The molecule has 0 spiro atoms. The second-order valence-electron chi connectivity index (χ2n) is 4.74. The van der Waals surface area contributed by atoms with E-state index in [1.165, 1.54) is 6.20 Å². The van der Waals surface area contributed by atoms with E-state index in [4.69, 9.17) is 0 Å². The Kier molecular flexibility index (Phi) is 5.70. The van der Waals surface area contributed by atoms with E-state index in [0.717, 1.165) is 24.9 Å². The summed E-state index contributed by atoms with van der Waals surface area (Å²) in [6, 6.07) is 9.77. The number of nitrogens with one attached hydrogen (secondary N) is 2. The molecule has 0 aliphatic rings. The van der Waals surface area contributed by atoms with E-state index in [1.54, 1.807) is 6.20 Å². The Hall–Kier alpha value is -2.43. The van der Waals surface area contributed by atoms with Crippen LogP contribution in [0.4, 0.5) is 5.82 Å².